The molecule has 1 aromatic carbocycles. The number of rotatable bonds is 4. The fourth-order valence-corrected chi connectivity index (χ4v) is 2.31. The number of nitrogens with zero attached hydrogens (tertiary/aromatic N) is 4. The van der Waals surface area contributed by atoms with Crippen LogP contribution >= 0.6 is 0 Å². The van der Waals surface area contributed by atoms with Gasteiger partial charge in [0.1, 0.15) is 5.82 Å². The molecule has 3 aromatic rings. The van der Waals surface area contributed by atoms with Gasteiger partial charge in [0.15, 0.2) is 0 Å². The SMILES string of the molecule is CCn1c(CNc2cnn(C)c2)nc2ccccc21. The van der Waals surface area contributed by atoms with Crippen molar-refractivity contribution in [2.24, 2.45) is 7.05 Å². The minimum atomic E-state index is 0.703. The number of aromatic nitrogens is 4. The van der Waals surface area contributed by atoms with Crippen LogP contribution in [0, 0.1) is 0 Å². The van der Waals surface area contributed by atoms with E-state index < -0.39 is 0 Å². The van der Waals surface area contributed by atoms with Crippen LogP contribution < -0.4 is 5.32 Å². The second-order valence-corrected chi connectivity index (χ2v) is 4.52. The third-order valence-corrected chi connectivity index (χ3v) is 3.21. The first-order valence-corrected chi connectivity index (χ1v) is 6.44. The van der Waals surface area contributed by atoms with Crippen LogP contribution in [0.25, 0.3) is 11.0 Å². The topological polar surface area (TPSA) is 47.7 Å². The van der Waals surface area contributed by atoms with E-state index in [-0.39, 0.29) is 0 Å². The smallest absolute Gasteiger partial charge is 0.129 e. The first-order valence-electron chi connectivity index (χ1n) is 6.44. The molecule has 0 atom stereocenters. The average molecular weight is 255 g/mol. The summed E-state index contributed by atoms with van der Waals surface area (Å²) in [5, 5.41) is 7.49. The predicted molar refractivity (Wildman–Crippen MR) is 75.9 cm³/mol. The molecule has 5 nitrogen and oxygen atoms in total. The molecular weight excluding hydrogens is 238 g/mol. The monoisotopic (exact) mass is 255 g/mol. The van der Waals surface area contributed by atoms with Gasteiger partial charge in [0.2, 0.25) is 0 Å². The Labute approximate surface area is 111 Å². The molecule has 0 aliphatic heterocycles. The summed E-state index contributed by atoms with van der Waals surface area (Å²) < 4.78 is 4.02. The van der Waals surface area contributed by atoms with Crippen LogP contribution in [0.2, 0.25) is 0 Å². The molecule has 0 bridgehead atoms. The van der Waals surface area contributed by atoms with Crippen molar-refractivity contribution in [2.75, 3.05) is 5.32 Å². The van der Waals surface area contributed by atoms with E-state index in [2.05, 4.69) is 45.1 Å². The van der Waals surface area contributed by atoms with Gasteiger partial charge in [-0.05, 0) is 19.1 Å². The lowest BCUT2D eigenvalue weighted by molar-refractivity contribution is 0.728. The zero-order chi connectivity index (χ0) is 13.2. The maximum Gasteiger partial charge on any atom is 0.129 e. The lowest BCUT2D eigenvalue weighted by Crippen LogP contribution is -2.07. The third kappa shape index (κ3) is 2.19. The number of para-hydroxylation sites is 2. The van der Waals surface area contributed by atoms with Crippen LogP contribution in [0.1, 0.15) is 12.7 Å². The number of aryl methyl sites for hydroxylation is 2. The Hall–Kier alpha value is -2.30. The highest BCUT2D eigenvalue weighted by atomic mass is 15.3. The lowest BCUT2D eigenvalue weighted by atomic mass is 10.3. The highest BCUT2D eigenvalue weighted by molar-refractivity contribution is 5.75. The highest BCUT2D eigenvalue weighted by Crippen LogP contribution is 2.16. The van der Waals surface area contributed by atoms with Gasteiger partial charge in [0.05, 0.1) is 29.5 Å². The molecule has 0 unspecified atom stereocenters. The van der Waals surface area contributed by atoms with Crippen molar-refractivity contribution in [3.63, 3.8) is 0 Å². The van der Waals surface area contributed by atoms with Crippen LogP contribution in [0.3, 0.4) is 0 Å². The standard InChI is InChI=1S/C14H17N5/c1-3-19-13-7-5-4-6-12(13)17-14(19)9-15-11-8-16-18(2)10-11/h4-8,10,15H,3,9H2,1-2H3. The summed E-state index contributed by atoms with van der Waals surface area (Å²) in [6.45, 7) is 3.76. The fraction of sp³-hybridized carbons (Fsp3) is 0.286. The molecule has 0 saturated heterocycles. The maximum absolute atomic E-state index is 4.68. The summed E-state index contributed by atoms with van der Waals surface area (Å²) >= 11 is 0. The fourth-order valence-electron chi connectivity index (χ4n) is 2.31. The Kier molecular flexibility index (Phi) is 2.95. The van der Waals surface area contributed by atoms with Crippen molar-refractivity contribution >= 4 is 16.7 Å². The first-order chi connectivity index (χ1) is 9.28. The van der Waals surface area contributed by atoms with Crippen LogP contribution in [0.15, 0.2) is 36.7 Å². The number of anilines is 1. The first kappa shape index (κ1) is 11.8. The third-order valence-electron chi connectivity index (χ3n) is 3.21. The van der Waals surface area contributed by atoms with Crippen molar-refractivity contribution in [3.05, 3.63) is 42.5 Å². The number of hydrogen-bond donors (Lipinski definition) is 1. The highest BCUT2D eigenvalue weighted by Gasteiger charge is 2.08. The van der Waals surface area contributed by atoms with Gasteiger partial charge < -0.3 is 9.88 Å². The molecule has 19 heavy (non-hydrogen) atoms. The molecule has 0 aliphatic rings. The van der Waals surface area contributed by atoms with E-state index in [0.29, 0.717) is 6.54 Å². The number of benzene rings is 1. The number of nitrogens with one attached hydrogen (secondary N) is 1. The van der Waals surface area contributed by atoms with Crippen molar-refractivity contribution in [1.29, 1.82) is 0 Å². The Bertz CT molecular complexity index is 695. The van der Waals surface area contributed by atoms with Crippen molar-refractivity contribution in [3.8, 4) is 0 Å². The van der Waals surface area contributed by atoms with E-state index in [1.165, 1.54) is 5.52 Å². The van der Waals surface area contributed by atoms with Gasteiger partial charge in [-0.1, -0.05) is 12.1 Å². The molecule has 2 heterocycles. The molecule has 0 amide bonds. The summed E-state index contributed by atoms with van der Waals surface area (Å²) in [6, 6.07) is 8.23. The van der Waals surface area contributed by atoms with E-state index in [1.54, 1.807) is 4.68 Å². The van der Waals surface area contributed by atoms with E-state index in [0.717, 1.165) is 23.6 Å². The number of imidazole rings is 1. The maximum atomic E-state index is 4.68. The Morgan fingerprint density at radius 2 is 2.11 bits per heavy atom. The van der Waals surface area contributed by atoms with Gasteiger partial charge in [0, 0.05) is 19.8 Å². The summed E-state index contributed by atoms with van der Waals surface area (Å²) in [5.74, 6) is 1.05. The second-order valence-electron chi connectivity index (χ2n) is 4.52. The molecule has 3 rings (SSSR count). The van der Waals surface area contributed by atoms with Crippen LogP contribution in [0.5, 0.6) is 0 Å². The molecule has 98 valence electrons. The van der Waals surface area contributed by atoms with Gasteiger partial charge in [-0.15, -0.1) is 0 Å². The Morgan fingerprint density at radius 1 is 1.26 bits per heavy atom. The van der Waals surface area contributed by atoms with Crippen LogP contribution in [0.4, 0.5) is 5.69 Å². The zero-order valence-electron chi connectivity index (χ0n) is 11.2. The second kappa shape index (κ2) is 4.76. The van der Waals surface area contributed by atoms with Crippen molar-refractivity contribution in [1.82, 2.24) is 19.3 Å². The average Bonchev–Trinajstić information content (AvgIpc) is 2.99. The molecule has 0 fully saturated rings. The molecule has 5 heteroatoms. The molecule has 0 radical (unpaired) electrons. The number of fused-ring (bicyclic) bond motifs is 1. The van der Waals surface area contributed by atoms with E-state index in [1.807, 2.05) is 25.5 Å². The minimum absolute atomic E-state index is 0.703. The Morgan fingerprint density at radius 3 is 2.84 bits per heavy atom. The summed E-state index contributed by atoms with van der Waals surface area (Å²) in [4.78, 5) is 4.68. The molecular formula is C14H17N5. The molecule has 2 aromatic heterocycles. The largest absolute Gasteiger partial charge is 0.375 e. The summed E-state index contributed by atoms with van der Waals surface area (Å²) in [6.07, 6.45) is 3.78. The summed E-state index contributed by atoms with van der Waals surface area (Å²) in [7, 11) is 1.91. The van der Waals surface area contributed by atoms with E-state index in [4.69, 9.17) is 0 Å². The van der Waals surface area contributed by atoms with Crippen molar-refractivity contribution in [2.45, 2.75) is 20.0 Å². The quantitative estimate of drug-likeness (QED) is 0.778. The van der Waals surface area contributed by atoms with E-state index in [9.17, 15) is 0 Å². The summed E-state index contributed by atoms with van der Waals surface area (Å²) in [5.41, 5.74) is 3.25. The van der Waals surface area contributed by atoms with Gasteiger partial charge in [-0.25, -0.2) is 4.98 Å². The minimum Gasteiger partial charge on any atom is -0.375 e. The molecule has 0 saturated carbocycles. The predicted octanol–water partition coefficient (Wildman–Crippen LogP) is 2.40. The molecule has 1 N–H and O–H groups in total. The van der Waals surface area contributed by atoms with Crippen LogP contribution in [-0.2, 0) is 20.1 Å². The van der Waals surface area contributed by atoms with Crippen molar-refractivity contribution < 1.29 is 0 Å². The van der Waals surface area contributed by atoms with Gasteiger partial charge in [0.25, 0.3) is 0 Å². The normalized spacial score (nSPS) is 11.1. The van der Waals surface area contributed by atoms with Gasteiger partial charge in [-0.2, -0.15) is 5.10 Å². The number of hydrogen-bond acceptors (Lipinski definition) is 3. The zero-order valence-corrected chi connectivity index (χ0v) is 11.2. The molecule has 0 spiro atoms. The molecule has 0 aliphatic carbocycles. The van der Waals surface area contributed by atoms with Gasteiger partial charge >= 0.3 is 0 Å². The Balaban J connectivity index is 1.87. The lowest BCUT2D eigenvalue weighted by Gasteiger charge is -2.06. The van der Waals surface area contributed by atoms with Crippen LogP contribution in [-0.4, -0.2) is 19.3 Å². The van der Waals surface area contributed by atoms with Gasteiger partial charge in [-0.3, -0.25) is 4.68 Å². The van der Waals surface area contributed by atoms with E-state index >= 15 is 0 Å².